The Morgan fingerprint density at radius 1 is 1.19 bits per heavy atom. The zero-order chi connectivity index (χ0) is 15.1. The first-order valence-electron chi connectivity index (χ1n) is 6.67. The number of nitrogens with one attached hydrogen (secondary N) is 1. The van der Waals surface area contributed by atoms with E-state index in [1.54, 1.807) is 42.1 Å². The highest BCUT2D eigenvalue weighted by Gasteiger charge is 2.03. The molecular formula is C16H17FN2OS. The van der Waals surface area contributed by atoms with E-state index in [4.69, 9.17) is 5.73 Å². The van der Waals surface area contributed by atoms with Gasteiger partial charge in [0.25, 0.3) is 0 Å². The molecule has 110 valence electrons. The number of halogens is 1. The van der Waals surface area contributed by atoms with Crippen LogP contribution in [0.5, 0.6) is 0 Å². The van der Waals surface area contributed by atoms with E-state index in [0.29, 0.717) is 17.8 Å². The molecule has 0 fully saturated rings. The van der Waals surface area contributed by atoms with E-state index in [0.717, 1.165) is 17.1 Å². The van der Waals surface area contributed by atoms with Crippen molar-refractivity contribution in [1.29, 1.82) is 0 Å². The maximum Gasteiger partial charge on any atom is 0.224 e. The minimum absolute atomic E-state index is 0.0275. The third-order valence-corrected chi connectivity index (χ3v) is 3.90. The van der Waals surface area contributed by atoms with Gasteiger partial charge >= 0.3 is 0 Å². The molecule has 2 rings (SSSR count). The van der Waals surface area contributed by atoms with Gasteiger partial charge in [-0.2, -0.15) is 0 Å². The van der Waals surface area contributed by atoms with Gasteiger partial charge in [0, 0.05) is 22.7 Å². The molecule has 0 saturated heterocycles. The highest BCUT2D eigenvalue weighted by atomic mass is 32.2. The molecule has 0 saturated carbocycles. The van der Waals surface area contributed by atoms with Gasteiger partial charge in [0.2, 0.25) is 5.91 Å². The Balaban J connectivity index is 1.68. The van der Waals surface area contributed by atoms with Gasteiger partial charge in [-0.15, -0.1) is 11.8 Å². The minimum atomic E-state index is -0.235. The van der Waals surface area contributed by atoms with Gasteiger partial charge in [0.1, 0.15) is 5.82 Å². The molecule has 2 aromatic rings. The molecule has 21 heavy (non-hydrogen) atoms. The fourth-order valence-electron chi connectivity index (χ4n) is 1.79. The number of carbonyl (C=O) groups is 1. The lowest BCUT2D eigenvalue weighted by Gasteiger charge is -2.06. The summed E-state index contributed by atoms with van der Waals surface area (Å²) in [5.41, 5.74) is 6.99. The van der Waals surface area contributed by atoms with Gasteiger partial charge in [0.15, 0.2) is 0 Å². The van der Waals surface area contributed by atoms with Crippen LogP contribution in [0.4, 0.5) is 15.8 Å². The van der Waals surface area contributed by atoms with Crippen LogP contribution in [0.25, 0.3) is 0 Å². The second-order valence-corrected chi connectivity index (χ2v) is 5.75. The zero-order valence-electron chi connectivity index (χ0n) is 11.5. The Bertz CT molecular complexity index is 601. The summed E-state index contributed by atoms with van der Waals surface area (Å²) in [6.07, 6.45) is 1.21. The first-order valence-corrected chi connectivity index (χ1v) is 7.66. The molecule has 5 heteroatoms. The molecule has 1 amide bonds. The summed E-state index contributed by atoms with van der Waals surface area (Å²) in [7, 11) is 0. The number of amides is 1. The molecule has 0 aliphatic heterocycles. The van der Waals surface area contributed by atoms with E-state index < -0.39 is 0 Å². The van der Waals surface area contributed by atoms with Crippen LogP contribution in [-0.4, -0.2) is 11.7 Å². The summed E-state index contributed by atoms with van der Waals surface area (Å²) in [6.45, 7) is 0. The first-order chi connectivity index (χ1) is 10.1. The highest BCUT2D eigenvalue weighted by Crippen LogP contribution is 2.19. The second-order valence-electron chi connectivity index (χ2n) is 4.58. The SMILES string of the molecule is Nc1cccc(NC(=O)CCCSc2ccc(F)cc2)c1. The second kappa shape index (κ2) is 7.69. The molecule has 0 aliphatic carbocycles. The van der Waals surface area contributed by atoms with Gasteiger partial charge < -0.3 is 11.1 Å². The van der Waals surface area contributed by atoms with E-state index in [2.05, 4.69) is 5.32 Å². The summed E-state index contributed by atoms with van der Waals surface area (Å²) in [5.74, 6) is 0.553. The number of hydrogen-bond donors (Lipinski definition) is 2. The number of anilines is 2. The normalized spacial score (nSPS) is 10.3. The Kier molecular flexibility index (Phi) is 5.63. The van der Waals surface area contributed by atoms with E-state index >= 15 is 0 Å². The number of thioether (sulfide) groups is 1. The van der Waals surface area contributed by atoms with Crippen LogP contribution in [-0.2, 0) is 4.79 Å². The van der Waals surface area contributed by atoms with Gasteiger partial charge in [0.05, 0.1) is 0 Å². The largest absolute Gasteiger partial charge is 0.399 e. The highest BCUT2D eigenvalue weighted by molar-refractivity contribution is 7.99. The third kappa shape index (κ3) is 5.47. The topological polar surface area (TPSA) is 55.1 Å². The molecule has 3 N–H and O–H groups in total. The maximum absolute atomic E-state index is 12.7. The molecule has 0 unspecified atom stereocenters. The summed E-state index contributed by atoms with van der Waals surface area (Å²) in [6, 6.07) is 13.5. The van der Waals surface area contributed by atoms with Crippen LogP contribution in [0, 0.1) is 5.82 Å². The quantitative estimate of drug-likeness (QED) is 0.483. The van der Waals surface area contributed by atoms with Crippen molar-refractivity contribution in [2.75, 3.05) is 16.8 Å². The van der Waals surface area contributed by atoms with E-state index in [1.165, 1.54) is 12.1 Å². The van der Waals surface area contributed by atoms with Crippen molar-refractivity contribution in [1.82, 2.24) is 0 Å². The lowest BCUT2D eigenvalue weighted by Crippen LogP contribution is -2.11. The Hall–Kier alpha value is -2.01. The average molecular weight is 304 g/mol. The van der Waals surface area contributed by atoms with Crippen LogP contribution in [0.1, 0.15) is 12.8 Å². The van der Waals surface area contributed by atoms with Gasteiger partial charge in [-0.1, -0.05) is 6.07 Å². The smallest absolute Gasteiger partial charge is 0.224 e. The molecule has 3 nitrogen and oxygen atoms in total. The summed E-state index contributed by atoms with van der Waals surface area (Å²) in [4.78, 5) is 12.8. The Morgan fingerprint density at radius 2 is 1.95 bits per heavy atom. The molecule has 0 atom stereocenters. The maximum atomic E-state index is 12.7. The van der Waals surface area contributed by atoms with Crippen molar-refractivity contribution in [3.63, 3.8) is 0 Å². The minimum Gasteiger partial charge on any atom is -0.399 e. The van der Waals surface area contributed by atoms with Crippen molar-refractivity contribution < 1.29 is 9.18 Å². The molecule has 0 bridgehead atoms. The molecule has 0 heterocycles. The van der Waals surface area contributed by atoms with Gasteiger partial charge in [-0.3, -0.25) is 4.79 Å². The molecule has 0 spiro atoms. The predicted molar refractivity (Wildman–Crippen MR) is 85.8 cm³/mol. The monoisotopic (exact) mass is 304 g/mol. The average Bonchev–Trinajstić information content (AvgIpc) is 2.45. The van der Waals surface area contributed by atoms with Crippen LogP contribution in [0.15, 0.2) is 53.4 Å². The molecule has 2 aromatic carbocycles. The van der Waals surface area contributed by atoms with Crippen molar-refractivity contribution >= 4 is 29.0 Å². The number of hydrogen-bond acceptors (Lipinski definition) is 3. The third-order valence-electron chi connectivity index (χ3n) is 2.80. The lowest BCUT2D eigenvalue weighted by molar-refractivity contribution is -0.116. The predicted octanol–water partition coefficient (Wildman–Crippen LogP) is 3.92. The fraction of sp³-hybridized carbons (Fsp3) is 0.188. The zero-order valence-corrected chi connectivity index (χ0v) is 12.3. The summed E-state index contributed by atoms with van der Waals surface area (Å²) in [5, 5.41) is 2.81. The van der Waals surface area contributed by atoms with Gasteiger partial charge in [-0.05, 0) is 54.6 Å². The molecule has 0 aliphatic rings. The molecule has 0 radical (unpaired) electrons. The fourth-order valence-corrected chi connectivity index (χ4v) is 2.65. The molecular weight excluding hydrogens is 287 g/mol. The standard InChI is InChI=1S/C16H17FN2OS/c17-12-6-8-15(9-7-12)21-10-2-5-16(20)19-14-4-1-3-13(18)11-14/h1,3-4,6-9,11H,2,5,10,18H2,(H,19,20). The van der Waals surface area contributed by atoms with Crippen molar-refractivity contribution in [2.24, 2.45) is 0 Å². The van der Waals surface area contributed by atoms with Crippen molar-refractivity contribution in [3.05, 3.63) is 54.3 Å². The summed E-state index contributed by atoms with van der Waals surface area (Å²) >= 11 is 1.61. The Labute approximate surface area is 127 Å². The lowest BCUT2D eigenvalue weighted by atomic mass is 10.2. The van der Waals surface area contributed by atoms with Gasteiger partial charge in [-0.25, -0.2) is 4.39 Å². The van der Waals surface area contributed by atoms with Crippen molar-refractivity contribution in [2.45, 2.75) is 17.7 Å². The summed E-state index contributed by atoms with van der Waals surface area (Å²) < 4.78 is 12.7. The van der Waals surface area contributed by atoms with Crippen LogP contribution in [0.3, 0.4) is 0 Å². The van der Waals surface area contributed by atoms with E-state index in [-0.39, 0.29) is 11.7 Å². The van der Waals surface area contributed by atoms with E-state index in [9.17, 15) is 9.18 Å². The first kappa shape index (κ1) is 15.4. The van der Waals surface area contributed by atoms with Crippen LogP contribution >= 0.6 is 11.8 Å². The number of rotatable bonds is 6. The number of carbonyl (C=O) groups excluding carboxylic acids is 1. The van der Waals surface area contributed by atoms with Crippen LogP contribution in [0.2, 0.25) is 0 Å². The number of benzene rings is 2. The van der Waals surface area contributed by atoms with Crippen LogP contribution < -0.4 is 11.1 Å². The number of nitrogens with two attached hydrogens (primary N) is 1. The molecule has 0 aromatic heterocycles. The van der Waals surface area contributed by atoms with Crippen molar-refractivity contribution in [3.8, 4) is 0 Å². The number of nitrogen functional groups attached to an aromatic ring is 1. The Morgan fingerprint density at radius 3 is 2.67 bits per heavy atom. The van der Waals surface area contributed by atoms with E-state index in [1.807, 2.05) is 6.07 Å².